The number of hydrogen-bond donors (Lipinski definition) is 1. The van der Waals surface area contributed by atoms with Crippen molar-refractivity contribution in [3.8, 4) is 0 Å². The lowest BCUT2D eigenvalue weighted by Crippen LogP contribution is -2.41. The maximum atomic E-state index is 13.0. The number of hydrogen-bond acceptors (Lipinski definition) is 4. The number of nitrogens with one attached hydrogen (secondary N) is 1. The van der Waals surface area contributed by atoms with E-state index in [1.54, 1.807) is 0 Å². The number of esters is 1. The van der Waals surface area contributed by atoms with Crippen LogP contribution < -0.4 is 5.32 Å². The molecule has 1 N–H and O–H groups in total. The largest absolute Gasteiger partial charge is 0.460 e. The van der Waals surface area contributed by atoms with Gasteiger partial charge in [-0.1, -0.05) is 74.5 Å². The summed E-state index contributed by atoms with van der Waals surface area (Å²) in [4.78, 5) is 15.4. The van der Waals surface area contributed by atoms with Gasteiger partial charge in [0.2, 0.25) is 0 Å². The Hall–Kier alpha value is -2.17. The minimum absolute atomic E-state index is 0.129. The van der Waals surface area contributed by atoms with Gasteiger partial charge in [-0.15, -0.1) is 0 Å². The van der Waals surface area contributed by atoms with E-state index < -0.39 is 5.60 Å². The summed E-state index contributed by atoms with van der Waals surface area (Å²) in [5, 5.41) is 3.49. The topological polar surface area (TPSA) is 41.6 Å². The van der Waals surface area contributed by atoms with Crippen LogP contribution in [0.1, 0.15) is 52.2 Å². The lowest BCUT2D eigenvalue weighted by molar-refractivity contribution is -0.160. The molecule has 0 aliphatic heterocycles. The minimum Gasteiger partial charge on any atom is -0.460 e. The van der Waals surface area contributed by atoms with Crippen molar-refractivity contribution in [2.45, 2.75) is 59.7 Å². The maximum Gasteiger partial charge on any atom is 0.312 e. The molecule has 1 unspecified atom stereocenters. The Morgan fingerprint density at radius 2 is 1.45 bits per heavy atom. The summed E-state index contributed by atoms with van der Waals surface area (Å²) in [5.74, 6) is 0.287. The van der Waals surface area contributed by atoms with Crippen molar-refractivity contribution in [1.82, 2.24) is 10.2 Å². The van der Waals surface area contributed by atoms with Crippen molar-refractivity contribution in [3.05, 3.63) is 71.8 Å². The molecule has 0 aliphatic rings. The molecule has 4 heteroatoms. The predicted molar refractivity (Wildman–Crippen MR) is 129 cm³/mol. The third-order valence-electron chi connectivity index (χ3n) is 5.01. The number of ether oxygens (including phenoxy) is 1. The zero-order valence-electron chi connectivity index (χ0n) is 19.9. The van der Waals surface area contributed by atoms with Crippen LogP contribution in [0.5, 0.6) is 0 Å². The van der Waals surface area contributed by atoms with E-state index in [9.17, 15) is 4.79 Å². The summed E-state index contributed by atoms with van der Waals surface area (Å²) in [5.41, 5.74) is 2.00. The van der Waals surface area contributed by atoms with Crippen LogP contribution in [-0.4, -0.2) is 36.1 Å². The van der Waals surface area contributed by atoms with Crippen molar-refractivity contribution in [2.75, 3.05) is 19.6 Å². The summed E-state index contributed by atoms with van der Waals surface area (Å²) in [7, 11) is 0. The van der Waals surface area contributed by atoms with Crippen LogP contribution in [0.4, 0.5) is 0 Å². The first kappa shape index (κ1) is 25.1. The number of nitrogens with zero attached hydrogens (tertiary/aromatic N) is 1. The van der Waals surface area contributed by atoms with E-state index in [0.717, 1.165) is 26.1 Å². The molecular weight excluding hydrogens is 384 g/mol. The zero-order chi connectivity index (χ0) is 22.7. The Kier molecular flexibility index (Phi) is 10.2. The lowest BCUT2D eigenvalue weighted by atomic mass is 10.1. The van der Waals surface area contributed by atoms with Crippen LogP contribution in [0.15, 0.2) is 60.7 Å². The summed E-state index contributed by atoms with van der Waals surface area (Å²) >= 11 is 0. The van der Waals surface area contributed by atoms with E-state index in [1.807, 2.05) is 32.9 Å². The normalized spacial score (nSPS) is 12.9. The first-order valence-electron chi connectivity index (χ1n) is 11.5. The Balaban J connectivity index is 2.14. The molecule has 31 heavy (non-hydrogen) atoms. The molecule has 0 bridgehead atoms. The molecule has 0 fully saturated rings. The molecule has 2 rings (SSSR count). The fourth-order valence-corrected chi connectivity index (χ4v) is 3.45. The van der Waals surface area contributed by atoms with Crippen LogP contribution in [-0.2, 0) is 22.6 Å². The van der Waals surface area contributed by atoms with Gasteiger partial charge in [0, 0.05) is 26.2 Å². The average molecular weight is 425 g/mol. The van der Waals surface area contributed by atoms with E-state index in [4.69, 9.17) is 4.74 Å². The van der Waals surface area contributed by atoms with Crippen molar-refractivity contribution >= 4 is 5.97 Å². The molecule has 0 amide bonds. The quantitative estimate of drug-likeness (QED) is 0.372. The molecule has 0 aliphatic carbocycles. The van der Waals surface area contributed by atoms with Gasteiger partial charge in [-0.2, -0.15) is 0 Å². The highest BCUT2D eigenvalue weighted by atomic mass is 16.6. The summed E-state index contributed by atoms with van der Waals surface area (Å²) in [6.07, 6.45) is 1.10. The van der Waals surface area contributed by atoms with E-state index >= 15 is 0 Å². The molecule has 0 aromatic heterocycles. The fourth-order valence-electron chi connectivity index (χ4n) is 3.45. The first-order chi connectivity index (χ1) is 14.7. The molecule has 0 spiro atoms. The van der Waals surface area contributed by atoms with Crippen molar-refractivity contribution < 1.29 is 9.53 Å². The van der Waals surface area contributed by atoms with Crippen LogP contribution in [0, 0.1) is 11.8 Å². The van der Waals surface area contributed by atoms with Crippen LogP contribution in [0.3, 0.4) is 0 Å². The van der Waals surface area contributed by atoms with Gasteiger partial charge >= 0.3 is 5.97 Å². The SMILES string of the molecule is CC(C)CCNCC(CN(Cc1ccccc1)Cc1ccccc1)C(=O)OC(C)(C)C. The van der Waals surface area contributed by atoms with Gasteiger partial charge in [-0.05, 0) is 50.8 Å². The van der Waals surface area contributed by atoms with Gasteiger partial charge in [0.25, 0.3) is 0 Å². The van der Waals surface area contributed by atoms with E-state index in [0.29, 0.717) is 19.0 Å². The molecule has 0 saturated heterocycles. The second kappa shape index (κ2) is 12.6. The highest BCUT2D eigenvalue weighted by Gasteiger charge is 2.27. The van der Waals surface area contributed by atoms with Crippen molar-refractivity contribution in [1.29, 1.82) is 0 Å². The number of carbonyl (C=O) groups excluding carboxylic acids is 1. The van der Waals surface area contributed by atoms with Crippen molar-refractivity contribution in [2.24, 2.45) is 11.8 Å². The van der Waals surface area contributed by atoms with Gasteiger partial charge in [-0.25, -0.2) is 0 Å². The molecular formula is C27H40N2O2. The Bertz CT molecular complexity index is 712. The van der Waals surface area contributed by atoms with E-state index in [-0.39, 0.29) is 11.9 Å². The van der Waals surface area contributed by atoms with Gasteiger partial charge in [0.05, 0.1) is 5.92 Å². The molecule has 4 nitrogen and oxygen atoms in total. The van der Waals surface area contributed by atoms with E-state index in [1.165, 1.54) is 11.1 Å². The smallest absolute Gasteiger partial charge is 0.312 e. The lowest BCUT2D eigenvalue weighted by Gasteiger charge is -2.29. The van der Waals surface area contributed by atoms with Crippen molar-refractivity contribution in [3.63, 3.8) is 0 Å². The monoisotopic (exact) mass is 424 g/mol. The fraction of sp³-hybridized carbons (Fsp3) is 0.519. The summed E-state index contributed by atoms with van der Waals surface area (Å²) in [6.45, 7) is 14.0. The molecule has 2 aromatic rings. The minimum atomic E-state index is -0.489. The van der Waals surface area contributed by atoms with Gasteiger partial charge < -0.3 is 10.1 Å². The van der Waals surface area contributed by atoms with Crippen LogP contribution in [0.25, 0.3) is 0 Å². The Labute approximate surface area is 189 Å². The number of benzene rings is 2. The molecule has 0 heterocycles. The highest BCUT2D eigenvalue weighted by molar-refractivity contribution is 5.73. The number of carbonyl (C=O) groups is 1. The summed E-state index contributed by atoms with van der Waals surface area (Å²) in [6, 6.07) is 20.9. The molecule has 1 atom stereocenters. The summed E-state index contributed by atoms with van der Waals surface area (Å²) < 4.78 is 5.77. The maximum absolute atomic E-state index is 13.0. The first-order valence-corrected chi connectivity index (χ1v) is 11.5. The molecule has 0 saturated carbocycles. The average Bonchev–Trinajstić information content (AvgIpc) is 2.70. The van der Waals surface area contributed by atoms with Crippen LogP contribution in [0.2, 0.25) is 0 Å². The third kappa shape index (κ3) is 10.6. The zero-order valence-corrected chi connectivity index (χ0v) is 19.9. The molecule has 2 aromatic carbocycles. The number of rotatable bonds is 12. The Morgan fingerprint density at radius 1 is 0.935 bits per heavy atom. The van der Waals surface area contributed by atoms with Gasteiger partial charge in [0.15, 0.2) is 0 Å². The molecule has 0 radical (unpaired) electrons. The van der Waals surface area contributed by atoms with Gasteiger partial charge in [-0.3, -0.25) is 9.69 Å². The van der Waals surface area contributed by atoms with Crippen LogP contribution >= 0.6 is 0 Å². The van der Waals surface area contributed by atoms with Gasteiger partial charge in [0.1, 0.15) is 5.60 Å². The third-order valence-corrected chi connectivity index (χ3v) is 5.01. The second-order valence-electron chi connectivity index (χ2n) is 9.76. The predicted octanol–water partition coefficient (Wildman–Crippen LogP) is 5.28. The molecule has 170 valence electrons. The Morgan fingerprint density at radius 3 is 1.90 bits per heavy atom. The highest BCUT2D eigenvalue weighted by Crippen LogP contribution is 2.16. The van der Waals surface area contributed by atoms with E-state index in [2.05, 4.69) is 72.6 Å². The standard InChI is InChI=1S/C27H40N2O2/c1-22(2)16-17-28-18-25(26(30)31-27(3,4)5)21-29(19-23-12-8-6-9-13-23)20-24-14-10-7-11-15-24/h6-15,22,25,28H,16-21H2,1-5H3. The second-order valence-corrected chi connectivity index (χ2v) is 9.76.